The Labute approximate surface area is 307 Å². The van der Waals surface area contributed by atoms with Crippen molar-refractivity contribution in [2.24, 2.45) is 0 Å². The minimum Gasteiger partial charge on any atom is -0.311 e. The summed E-state index contributed by atoms with van der Waals surface area (Å²) in [6, 6.07) is 72.8. The molecule has 0 saturated heterocycles. The summed E-state index contributed by atoms with van der Waals surface area (Å²) in [5.74, 6) is 0. The highest BCUT2D eigenvalue weighted by atomic mass is 32.1. The lowest BCUT2D eigenvalue weighted by molar-refractivity contribution is 1.28. The molecular weight excluding hydrogens is 647 g/mol. The van der Waals surface area contributed by atoms with Crippen molar-refractivity contribution in [1.82, 2.24) is 0 Å². The molecule has 0 radical (unpaired) electrons. The minimum absolute atomic E-state index is 1.11. The van der Waals surface area contributed by atoms with Crippen molar-refractivity contribution in [3.63, 3.8) is 0 Å². The first-order valence-electron chi connectivity index (χ1n) is 17.8. The van der Waals surface area contributed by atoms with Gasteiger partial charge in [-0.15, -0.1) is 11.3 Å². The molecule has 10 rings (SSSR count). The van der Waals surface area contributed by atoms with Gasteiger partial charge in [-0.3, -0.25) is 0 Å². The highest BCUT2D eigenvalue weighted by molar-refractivity contribution is 7.26. The van der Waals surface area contributed by atoms with Gasteiger partial charge in [-0.05, 0) is 98.1 Å². The van der Waals surface area contributed by atoms with E-state index >= 15 is 0 Å². The van der Waals surface area contributed by atoms with Gasteiger partial charge in [0.15, 0.2) is 0 Å². The molecule has 0 amide bonds. The highest BCUT2D eigenvalue weighted by Crippen LogP contribution is 2.42. The standard InChI is InChI=1S/C50H33NS/c1-2-9-34(10-3-1)36-19-25-41(26-20-36)51(42-27-21-37(22-28-42)40-18-17-35-11-4-5-12-39(35)33-40)43-29-23-38(24-30-43)44-14-8-15-47-45(44)31-32-48-46-13-6-7-16-49(46)52-50(47)48/h1-33H. The van der Waals surface area contributed by atoms with Gasteiger partial charge in [0.25, 0.3) is 0 Å². The number of thiophene rings is 1. The number of benzene rings is 9. The SMILES string of the molecule is c1ccc(-c2ccc(N(c3ccc(-c4ccc5ccccc5c4)cc3)c3ccc(-c4cccc5c4ccc4c6ccccc6sc54)cc3)cc2)cc1. The van der Waals surface area contributed by atoms with E-state index in [4.69, 9.17) is 0 Å². The number of rotatable bonds is 6. The molecule has 1 heterocycles. The zero-order valence-corrected chi connectivity index (χ0v) is 29.2. The van der Waals surface area contributed by atoms with E-state index in [2.05, 4.69) is 205 Å². The monoisotopic (exact) mass is 679 g/mol. The molecule has 0 N–H and O–H groups in total. The number of anilines is 3. The van der Waals surface area contributed by atoms with Crippen LogP contribution in [0.5, 0.6) is 0 Å². The molecule has 0 fully saturated rings. The Hall–Kier alpha value is -6.48. The summed E-state index contributed by atoms with van der Waals surface area (Å²) in [6.45, 7) is 0. The molecule has 0 aliphatic heterocycles. The largest absolute Gasteiger partial charge is 0.311 e. The van der Waals surface area contributed by atoms with Gasteiger partial charge < -0.3 is 4.90 Å². The van der Waals surface area contributed by atoms with Crippen LogP contribution in [0, 0.1) is 0 Å². The summed E-state index contributed by atoms with van der Waals surface area (Å²) >= 11 is 1.89. The number of hydrogen-bond donors (Lipinski definition) is 0. The average Bonchev–Trinajstić information content (AvgIpc) is 3.61. The normalized spacial score (nSPS) is 11.5. The van der Waals surface area contributed by atoms with Gasteiger partial charge in [0.05, 0.1) is 0 Å². The fourth-order valence-corrected chi connectivity index (χ4v) is 8.87. The lowest BCUT2D eigenvalue weighted by Crippen LogP contribution is -2.09. The fraction of sp³-hybridized carbons (Fsp3) is 0. The molecule has 0 bridgehead atoms. The third kappa shape index (κ3) is 5.33. The van der Waals surface area contributed by atoms with Crippen LogP contribution < -0.4 is 4.90 Å². The molecule has 52 heavy (non-hydrogen) atoms. The van der Waals surface area contributed by atoms with Gasteiger partial charge in [0.1, 0.15) is 0 Å². The van der Waals surface area contributed by atoms with Gasteiger partial charge in [0, 0.05) is 42.6 Å². The summed E-state index contributed by atoms with van der Waals surface area (Å²) in [6.07, 6.45) is 0. The van der Waals surface area contributed by atoms with E-state index in [1.165, 1.54) is 75.1 Å². The summed E-state index contributed by atoms with van der Waals surface area (Å²) in [5.41, 5.74) is 10.6. The molecule has 1 aromatic heterocycles. The van der Waals surface area contributed by atoms with Crippen LogP contribution in [0.25, 0.3) is 75.1 Å². The zero-order valence-electron chi connectivity index (χ0n) is 28.4. The van der Waals surface area contributed by atoms with Crippen molar-refractivity contribution in [1.29, 1.82) is 0 Å². The topological polar surface area (TPSA) is 3.24 Å². The third-order valence-corrected chi connectivity index (χ3v) is 11.5. The molecule has 10 aromatic rings. The molecule has 0 unspecified atom stereocenters. The van der Waals surface area contributed by atoms with Crippen molar-refractivity contribution in [2.45, 2.75) is 0 Å². The Morgan fingerprint density at radius 2 is 0.827 bits per heavy atom. The third-order valence-electron chi connectivity index (χ3n) is 10.3. The summed E-state index contributed by atoms with van der Waals surface area (Å²) < 4.78 is 2.69. The molecule has 0 saturated carbocycles. The molecule has 1 nitrogen and oxygen atoms in total. The van der Waals surface area contributed by atoms with Gasteiger partial charge in [-0.2, -0.15) is 0 Å². The molecule has 0 spiro atoms. The van der Waals surface area contributed by atoms with Gasteiger partial charge in [-0.1, -0.05) is 152 Å². The predicted molar refractivity (Wildman–Crippen MR) is 225 cm³/mol. The lowest BCUT2D eigenvalue weighted by atomic mass is 9.96. The second kappa shape index (κ2) is 12.7. The molecule has 0 aliphatic rings. The Bertz CT molecular complexity index is 2870. The minimum atomic E-state index is 1.11. The Morgan fingerprint density at radius 3 is 1.56 bits per heavy atom. The maximum atomic E-state index is 2.35. The Morgan fingerprint density at radius 1 is 0.308 bits per heavy atom. The van der Waals surface area contributed by atoms with E-state index < -0.39 is 0 Å². The summed E-state index contributed by atoms with van der Waals surface area (Å²) in [5, 5.41) is 7.78. The van der Waals surface area contributed by atoms with Crippen LogP contribution >= 0.6 is 11.3 Å². The molecule has 0 aliphatic carbocycles. The second-order valence-electron chi connectivity index (χ2n) is 13.3. The van der Waals surface area contributed by atoms with Crippen LogP contribution in [0.2, 0.25) is 0 Å². The van der Waals surface area contributed by atoms with Crippen molar-refractivity contribution in [3.8, 4) is 33.4 Å². The van der Waals surface area contributed by atoms with Crippen molar-refractivity contribution in [2.75, 3.05) is 4.90 Å². The van der Waals surface area contributed by atoms with Crippen molar-refractivity contribution >= 4 is 70.1 Å². The van der Waals surface area contributed by atoms with Gasteiger partial charge in [-0.25, -0.2) is 0 Å². The number of fused-ring (bicyclic) bond motifs is 6. The molecule has 9 aromatic carbocycles. The summed E-state index contributed by atoms with van der Waals surface area (Å²) in [4.78, 5) is 2.35. The first-order valence-corrected chi connectivity index (χ1v) is 18.6. The van der Waals surface area contributed by atoms with Crippen molar-refractivity contribution in [3.05, 3.63) is 200 Å². The van der Waals surface area contributed by atoms with Crippen LogP contribution in [0.3, 0.4) is 0 Å². The van der Waals surface area contributed by atoms with Crippen LogP contribution in [0.15, 0.2) is 200 Å². The van der Waals surface area contributed by atoms with E-state index in [9.17, 15) is 0 Å². The van der Waals surface area contributed by atoms with Crippen LogP contribution in [0.1, 0.15) is 0 Å². The van der Waals surface area contributed by atoms with Crippen molar-refractivity contribution < 1.29 is 0 Å². The summed E-state index contributed by atoms with van der Waals surface area (Å²) in [7, 11) is 0. The molecular formula is C50H33NS. The van der Waals surface area contributed by atoms with Crippen LogP contribution in [-0.4, -0.2) is 0 Å². The predicted octanol–water partition coefficient (Wildman–Crippen LogP) is 14.8. The van der Waals surface area contributed by atoms with Crippen LogP contribution in [0.4, 0.5) is 17.1 Å². The maximum Gasteiger partial charge on any atom is 0.0462 e. The van der Waals surface area contributed by atoms with E-state index in [1.807, 2.05) is 11.3 Å². The number of hydrogen-bond acceptors (Lipinski definition) is 2. The first-order chi connectivity index (χ1) is 25.8. The van der Waals surface area contributed by atoms with Crippen LogP contribution in [-0.2, 0) is 0 Å². The Kier molecular flexibility index (Phi) is 7.41. The van der Waals surface area contributed by atoms with E-state index in [-0.39, 0.29) is 0 Å². The first kappa shape index (κ1) is 30.4. The van der Waals surface area contributed by atoms with E-state index in [0.717, 1.165) is 17.1 Å². The zero-order chi connectivity index (χ0) is 34.4. The average molecular weight is 680 g/mol. The smallest absolute Gasteiger partial charge is 0.0462 e. The molecule has 0 atom stereocenters. The second-order valence-corrected chi connectivity index (χ2v) is 14.4. The van der Waals surface area contributed by atoms with Gasteiger partial charge >= 0.3 is 0 Å². The quantitative estimate of drug-likeness (QED) is 0.169. The van der Waals surface area contributed by atoms with E-state index in [0.29, 0.717) is 0 Å². The highest BCUT2D eigenvalue weighted by Gasteiger charge is 2.15. The fourth-order valence-electron chi connectivity index (χ4n) is 7.63. The lowest BCUT2D eigenvalue weighted by Gasteiger charge is -2.26. The Balaban J connectivity index is 1.04. The van der Waals surface area contributed by atoms with E-state index in [1.54, 1.807) is 0 Å². The molecule has 244 valence electrons. The number of nitrogens with zero attached hydrogens (tertiary/aromatic N) is 1. The maximum absolute atomic E-state index is 2.35. The van der Waals surface area contributed by atoms with Gasteiger partial charge in [0.2, 0.25) is 0 Å². The molecule has 2 heteroatoms.